The van der Waals surface area contributed by atoms with Crippen LogP contribution in [0.4, 0.5) is 4.39 Å². The quantitative estimate of drug-likeness (QED) is 0.814. The second-order valence-electron chi connectivity index (χ2n) is 3.75. The van der Waals surface area contributed by atoms with E-state index in [1.165, 1.54) is 13.2 Å². The van der Waals surface area contributed by atoms with Crippen LogP contribution in [0.25, 0.3) is 0 Å². The molecule has 5 nitrogen and oxygen atoms in total. The minimum atomic E-state index is -0.700. The molecule has 1 aliphatic rings. The highest BCUT2D eigenvalue weighted by Gasteiger charge is 2.26. The molecular formula is C12H14FNO4. The van der Waals surface area contributed by atoms with Gasteiger partial charge in [-0.05, 0) is 13.1 Å². The Balaban J connectivity index is 2.52. The number of ether oxygens (including phenoxy) is 3. The van der Waals surface area contributed by atoms with Gasteiger partial charge in [-0.15, -0.1) is 0 Å². The Morgan fingerprint density at radius 2 is 2.22 bits per heavy atom. The normalized spacial score (nSPS) is 13.3. The molecule has 0 spiro atoms. The third-order valence-corrected chi connectivity index (χ3v) is 2.57. The number of nitrogens with one attached hydrogen (secondary N) is 1. The highest BCUT2D eigenvalue weighted by atomic mass is 19.1. The van der Waals surface area contributed by atoms with Gasteiger partial charge in [-0.3, -0.25) is 4.79 Å². The van der Waals surface area contributed by atoms with E-state index >= 15 is 0 Å². The van der Waals surface area contributed by atoms with Crippen LogP contribution < -0.4 is 19.5 Å². The summed E-state index contributed by atoms with van der Waals surface area (Å²) in [6.07, 6.45) is 0. The van der Waals surface area contributed by atoms with Crippen LogP contribution in [0.1, 0.15) is 10.4 Å². The lowest BCUT2D eigenvalue weighted by atomic mass is 10.1. The summed E-state index contributed by atoms with van der Waals surface area (Å²) in [5.74, 6) is -0.850. The standard InChI is InChI=1S/C12H14FNO4/c1-14-6-8(15)7-5-9-12(18-4-3-17-9)10(13)11(7)16-2/h5,14H,3-4,6H2,1-2H3. The summed E-state index contributed by atoms with van der Waals surface area (Å²) >= 11 is 0. The maximum absolute atomic E-state index is 14.1. The summed E-state index contributed by atoms with van der Waals surface area (Å²) in [6, 6.07) is 1.45. The molecule has 1 aliphatic heterocycles. The zero-order chi connectivity index (χ0) is 13.1. The Morgan fingerprint density at radius 1 is 1.50 bits per heavy atom. The van der Waals surface area contributed by atoms with Crippen molar-refractivity contribution in [2.24, 2.45) is 0 Å². The second-order valence-corrected chi connectivity index (χ2v) is 3.75. The zero-order valence-corrected chi connectivity index (χ0v) is 10.2. The second kappa shape index (κ2) is 5.22. The SMILES string of the molecule is CNCC(=O)c1cc2c(c(F)c1OC)OCCO2. The van der Waals surface area contributed by atoms with Crippen LogP contribution in [0.15, 0.2) is 6.07 Å². The Hall–Kier alpha value is -1.82. The number of hydrogen-bond acceptors (Lipinski definition) is 5. The van der Waals surface area contributed by atoms with E-state index in [0.717, 1.165) is 0 Å². The molecule has 0 saturated carbocycles. The van der Waals surface area contributed by atoms with Gasteiger partial charge >= 0.3 is 0 Å². The molecule has 0 amide bonds. The van der Waals surface area contributed by atoms with Gasteiger partial charge in [0.25, 0.3) is 0 Å². The Labute approximate surface area is 104 Å². The molecule has 0 aliphatic carbocycles. The largest absolute Gasteiger partial charge is 0.493 e. The average molecular weight is 255 g/mol. The lowest BCUT2D eigenvalue weighted by Gasteiger charge is -2.21. The highest BCUT2D eigenvalue weighted by Crippen LogP contribution is 2.40. The van der Waals surface area contributed by atoms with Crippen molar-refractivity contribution in [1.29, 1.82) is 0 Å². The fourth-order valence-electron chi connectivity index (χ4n) is 1.79. The van der Waals surface area contributed by atoms with Gasteiger partial charge < -0.3 is 19.5 Å². The molecule has 98 valence electrons. The van der Waals surface area contributed by atoms with Crippen molar-refractivity contribution in [3.05, 3.63) is 17.4 Å². The lowest BCUT2D eigenvalue weighted by molar-refractivity contribution is 0.0987. The van der Waals surface area contributed by atoms with Crippen molar-refractivity contribution < 1.29 is 23.4 Å². The predicted octanol–water partition coefficient (Wildman–Crippen LogP) is 1.01. The molecule has 1 aromatic carbocycles. The number of rotatable bonds is 4. The third-order valence-electron chi connectivity index (χ3n) is 2.57. The highest BCUT2D eigenvalue weighted by molar-refractivity contribution is 6.01. The van der Waals surface area contributed by atoms with E-state index in [9.17, 15) is 9.18 Å². The summed E-state index contributed by atoms with van der Waals surface area (Å²) in [5.41, 5.74) is 0.147. The van der Waals surface area contributed by atoms with E-state index < -0.39 is 5.82 Å². The van der Waals surface area contributed by atoms with Crippen molar-refractivity contribution in [3.63, 3.8) is 0 Å². The first-order valence-electron chi connectivity index (χ1n) is 5.53. The third kappa shape index (κ3) is 2.11. The van der Waals surface area contributed by atoms with Crippen LogP contribution in [0, 0.1) is 5.82 Å². The van der Waals surface area contributed by atoms with Gasteiger partial charge in [0.1, 0.15) is 13.2 Å². The van der Waals surface area contributed by atoms with Gasteiger partial charge in [0, 0.05) is 0 Å². The fourth-order valence-corrected chi connectivity index (χ4v) is 1.79. The minimum absolute atomic E-state index is 0.000826. The number of fused-ring (bicyclic) bond motifs is 1. The molecule has 18 heavy (non-hydrogen) atoms. The molecule has 0 aromatic heterocycles. The smallest absolute Gasteiger partial charge is 0.211 e. The summed E-state index contributed by atoms with van der Waals surface area (Å²) in [6.45, 7) is 0.699. The molecule has 1 heterocycles. The zero-order valence-electron chi connectivity index (χ0n) is 10.2. The lowest BCUT2D eigenvalue weighted by Crippen LogP contribution is -2.21. The Morgan fingerprint density at radius 3 is 2.89 bits per heavy atom. The molecule has 1 N–H and O–H groups in total. The number of Topliss-reactive ketones (excluding diaryl/α,β-unsaturated/α-hetero) is 1. The molecule has 1 aromatic rings. The van der Waals surface area contributed by atoms with Gasteiger partial charge in [0.05, 0.1) is 19.2 Å². The van der Waals surface area contributed by atoms with Crippen molar-refractivity contribution in [1.82, 2.24) is 5.32 Å². The number of carbonyl (C=O) groups is 1. The molecule has 0 unspecified atom stereocenters. The number of carbonyl (C=O) groups excluding carboxylic acids is 1. The first-order valence-corrected chi connectivity index (χ1v) is 5.53. The van der Waals surface area contributed by atoms with E-state index in [1.54, 1.807) is 7.05 Å². The van der Waals surface area contributed by atoms with Crippen LogP contribution in [-0.2, 0) is 0 Å². The number of benzene rings is 1. The van der Waals surface area contributed by atoms with Crippen LogP contribution in [-0.4, -0.2) is 39.7 Å². The van der Waals surface area contributed by atoms with Crippen LogP contribution in [0.2, 0.25) is 0 Å². The summed E-state index contributed by atoms with van der Waals surface area (Å²) < 4.78 is 29.5. The molecule has 0 saturated heterocycles. The van der Waals surface area contributed by atoms with Crippen molar-refractivity contribution in [3.8, 4) is 17.2 Å². The average Bonchev–Trinajstić information content (AvgIpc) is 2.39. The summed E-state index contributed by atoms with van der Waals surface area (Å²) in [4.78, 5) is 11.9. The molecule has 6 heteroatoms. The van der Waals surface area contributed by atoms with Crippen molar-refractivity contribution in [2.75, 3.05) is 33.9 Å². The van der Waals surface area contributed by atoms with Gasteiger partial charge in [-0.25, -0.2) is 0 Å². The van der Waals surface area contributed by atoms with Crippen LogP contribution in [0.3, 0.4) is 0 Å². The molecule has 0 bridgehead atoms. The van der Waals surface area contributed by atoms with Crippen LogP contribution >= 0.6 is 0 Å². The Kier molecular flexibility index (Phi) is 3.66. The fraction of sp³-hybridized carbons (Fsp3) is 0.417. The van der Waals surface area contributed by atoms with Crippen molar-refractivity contribution >= 4 is 5.78 Å². The maximum Gasteiger partial charge on any atom is 0.211 e. The van der Waals surface area contributed by atoms with E-state index in [4.69, 9.17) is 14.2 Å². The van der Waals surface area contributed by atoms with E-state index in [2.05, 4.69) is 5.32 Å². The number of likely N-dealkylation sites (N-methyl/N-ethyl adjacent to an activating group) is 1. The number of ketones is 1. The van der Waals surface area contributed by atoms with E-state index in [0.29, 0.717) is 6.61 Å². The van der Waals surface area contributed by atoms with Crippen molar-refractivity contribution in [2.45, 2.75) is 0 Å². The van der Waals surface area contributed by atoms with Gasteiger partial charge in [0.2, 0.25) is 11.6 Å². The van der Waals surface area contributed by atoms with Gasteiger partial charge in [-0.1, -0.05) is 0 Å². The monoisotopic (exact) mass is 255 g/mol. The first-order chi connectivity index (χ1) is 8.69. The first kappa shape index (κ1) is 12.6. The van der Waals surface area contributed by atoms with Crippen LogP contribution in [0.5, 0.6) is 17.2 Å². The number of methoxy groups -OCH3 is 1. The number of hydrogen-bond donors (Lipinski definition) is 1. The molecule has 0 radical (unpaired) electrons. The summed E-state index contributed by atoms with van der Waals surface area (Å²) in [7, 11) is 2.95. The minimum Gasteiger partial charge on any atom is -0.493 e. The number of halogens is 1. The van der Waals surface area contributed by atoms with Gasteiger partial charge in [-0.2, -0.15) is 4.39 Å². The van der Waals surface area contributed by atoms with Gasteiger partial charge in [0.15, 0.2) is 17.3 Å². The maximum atomic E-state index is 14.1. The Bertz CT molecular complexity index is 476. The van der Waals surface area contributed by atoms with E-state index in [1.807, 2.05) is 0 Å². The molecular weight excluding hydrogens is 241 g/mol. The molecule has 2 rings (SSSR count). The summed E-state index contributed by atoms with van der Waals surface area (Å²) in [5, 5.41) is 2.72. The predicted molar refractivity (Wildman–Crippen MR) is 62.2 cm³/mol. The van der Waals surface area contributed by atoms with E-state index in [-0.39, 0.29) is 41.7 Å². The topological polar surface area (TPSA) is 56.8 Å². The molecule has 0 fully saturated rings. The molecule has 0 atom stereocenters.